The van der Waals surface area contributed by atoms with E-state index in [-0.39, 0.29) is 11.7 Å². The van der Waals surface area contributed by atoms with Crippen LogP contribution in [0.3, 0.4) is 0 Å². The minimum Gasteiger partial charge on any atom is -0.491 e. The molecule has 3 aliphatic rings. The predicted molar refractivity (Wildman–Crippen MR) is 130 cm³/mol. The number of carbonyl (C=O) groups is 1. The molecule has 1 aromatic carbocycles. The van der Waals surface area contributed by atoms with Crippen molar-refractivity contribution in [1.82, 2.24) is 9.78 Å². The summed E-state index contributed by atoms with van der Waals surface area (Å²) in [7, 11) is 0. The Morgan fingerprint density at radius 2 is 1.97 bits per heavy atom. The highest BCUT2D eigenvalue weighted by atomic mass is 16.5. The van der Waals surface area contributed by atoms with Crippen LogP contribution in [0.25, 0.3) is 10.9 Å². The van der Waals surface area contributed by atoms with Gasteiger partial charge in [0.05, 0.1) is 29.5 Å². The number of pyridine rings is 1. The molecule has 184 valence electrons. The van der Waals surface area contributed by atoms with E-state index in [0.717, 1.165) is 54.2 Å². The first-order valence-electron chi connectivity index (χ1n) is 12.8. The molecule has 0 unspecified atom stereocenters. The van der Waals surface area contributed by atoms with Crippen molar-refractivity contribution >= 4 is 22.5 Å². The minimum atomic E-state index is -0.482. The van der Waals surface area contributed by atoms with Gasteiger partial charge in [0.2, 0.25) is 5.69 Å². The summed E-state index contributed by atoms with van der Waals surface area (Å²) in [6.45, 7) is 2.35. The average Bonchev–Trinajstić information content (AvgIpc) is 3.77. The van der Waals surface area contributed by atoms with E-state index >= 15 is 0 Å². The maximum atomic E-state index is 13.0. The van der Waals surface area contributed by atoms with Crippen molar-refractivity contribution in [2.45, 2.75) is 69.9 Å². The Hall–Kier alpha value is -3.13. The first kappa shape index (κ1) is 22.3. The van der Waals surface area contributed by atoms with Gasteiger partial charge < -0.3 is 15.2 Å². The summed E-state index contributed by atoms with van der Waals surface area (Å²) in [5.41, 5.74) is 1.63. The van der Waals surface area contributed by atoms with Crippen LogP contribution in [0.2, 0.25) is 0 Å². The number of amides is 1. The molecular formula is C27H33N4O4+. The van der Waals surface area contributed by atoms with E-state index < -0.39 is 11.5 Å². The van der Waals surface area contributed by atoms with Gasteiger partial charge in [-0.2, -0.15) is 5.10 Å². The number of carbonyl (C=O) groups excluding carboxylic acids is 1. The molecule has 0 aliphatic heterocycles. The van der Waals surface area contributed by atoms with Crippen molar-refractivity contribution in [3.05, 3.63) is 47.9 Å². The molecule has 35 heavy (non-hydrogen) atoms. The third kappa shape index (κ3) is 4.47. The quantitative estimate of drug-likeness (QED) is 0.350. The van der Waals surface area contributed by atoms with Gasteiger partial charge in [-0.15, -0.1) is 0 Å². The van der Waals surface area contributed by atoms with Crippen LogP contribution in [0.5, 0.6) is 5.75 Å². The Morgan fingerprint density at radius 1 is 1.20 bits per heavy atom. The zero-order valence-electron chi connectivity index (χ0n) is 20.1. The number of aryl methyl sites for hydroxylation is 1. The molecule has 8 heteroatoms. The van der Waals surface area contributed by atoms with Gasteiger partial charge in [0.15, 0.2) is 0 Å². The number of anilines is 1. The molecule has 3 aliphatic carbocycles. The highest BCUT2D eigenvalue weighted by Crippen LogP contribution is 2.49. The third-order valence-corrected chi connectivity index (χ3v) is 7.96. The van der Waals surface area contributed by atoms with Crippen LogP contribution >= 0.6 is 0 Å². The van der Waals surface area contributed by atoms with E-state index in [4.69, 9.17) is 9.84 Å². The number of fused-ring (bicyclic) bond motifs is 1. The van der Waals surface area contributed by atoms with E-state index in [9.17, 15) is 15.1 Å². The summed E-state index contributed by atoms with van der Waals surface area (Å²) < 4.78 is 9.02. The molecule has 0 saturated heterocycles. The fourth-order valence-electron chi connectivity index (χ4n) is 5.33. The van der Waals surface area contributed by atoms with Gasteiger partial charge in [-0.3, -0.25) is 14.7 Å². The Kier molecular flexibility index (Phi) is 5.44. The molecule has 0 atom stereocenters. The maximum Gasteiger partial charge on any atom is 0.325 e. The summed E-state index contributed by atoms with van der Waals surface area (Å²) in [5.74, 6) is 1.23. The summed E-state index contributed by atoms with van der Waals surface area (Å²) in [4.78, 5) is 13.0. The predicted octanol–water partition coefficient (Wildman–Crippen LogP) is 4.17. The van der Waals surface area contributed by atoms with Gasteiger partial charge in [-0.25, -0.2) is 0 Å². The van der Waals surface area contributed by atoms with Crippen LogP contribution in [0.15, 0.2) is 36.5 Å². The molecule has 6 rings (SSSR count). The van der Waals surface area contributed by atoms with Crippen LogP contribution < -0.4 is 14.8 Å². The van der Waals surface area contributed by atoms with Crippen molar-refractivity contribution in [3.63, 3.8) is 0 Å². The standard InChI is InChI=1S/C27H32N4O4/c1-17-3-2-4-24(31(17)34)26(32)28-23-13-19-15-30(21-9-11-27(33,12-10-21)20-7-8-20)29-22(19)14-25(23)35-16-18-5-6-18/h2-4,13-15,18,20-21,33H,5-12,16H2,1H3,(H-,28,32,34)/p+1/t21-,27-. The molecule has 3 fully saturated rings. The Balaban J connectivity index is 1.27. The molecule has 0 spiro atoms. The van der Waals surface area contributed by atoms with E-state index in [2.05, 4.69) is 5.32 Å². The average molecular weight is 478 g/mol. The lowest BCUT2D eigenvalue weighted by Crippen LogP contribution is -2.42. The van der Waals surface area contributed by atoms with Crippen LogP contribution in [0, 0.1) is 18.8 Å². The number of nitrogens with one attached hydrogen (secondary N) is 1. The molecule has 3 N–H and O–H groups in total. The van der Waals surface area contributed by atoms with Crippen LogP contribution in [0.1, 0.15) is 73.6 Å². The van der Waals surface area contributed by atoms with Crippen molar-refractivity contribution in [2.24, 2.45) is 11.8 Å². The molecule has 1 amide bonds. The summed E-state index contributed by atoms with van der Waals surface area (Å²) >= 11 is 0. The second kappa shape index (κ2) is 8.52. The van der Waals surface area contributed by atoms with Crippen LogP contribution in [-0.4, -0.2) is 38.2 Å². The number of ether oxygens (including phenoxy) is 1. The van der Waals surface area contributed by atoms with Gasteiger partial charge in [-0.1, -0.05) is 0 Å². The Morgan fingerprint density at radius 3 is 2.69 bits per heavy atom. The SMILES string of the molecule is Cc1cccc(C(=O)Nc2cc3cn([C@H]4CC[C@@](O)(C5CC5)CC4)nc3cc2OCC2CC2)[n+]1O. The topological polar surface area (TPSA) is 100 Å². The molecule has 3 saturated carbocycles. The maximum absolute atomic E-state index is 13.0. The van der Waals surface area contributed by atoms with Gasteiger partial charge in [0.25, 0.3) is 0 Å². The number of nitrogens with zero attached hydrogens (tertiary/aromatic N) is 3. The number of hydrogen-bond donors (Lipinski definition) is 3. The second-order valence-electron chi connectivity index (χ2n) is 10.7. The van der Waals surface area contributed by atoms with E-state index in [1.165, 1.54) is 12.8 Å². The normalized spacial score (nSPS) is 24.5. The molecule has 0 bridgehead atoms. The smallest absolute Gasteiger partial charge is 0.325 e. The highest BCUT2D eigenvalue weighted by Gasteiger charge is 2.45. The number of rotatable bonds is 7. The van der Waals surface area contributed by atoms with Crippen LogP contribution in [-0.2, 0) is 0 Å². The minimum absolute atomic E-state index is 0.152. The van der Waals surface area contributed by atoms with Crippen molar-refractivity contribution in [1.29, 1.82) is 0 Å². The number of aliphatic hydroxyl groups is 1. The Bertz CT molecular complexity index is 1270. The first-order chi connectivity index (χ1) is 16.9. The lowest BCUT2D eigenvalue weighted by molar-refractivity contribution is -0.909. The van der Waals surface area contributed by atoms with Crippen molar-refractivity contribution < 1.29 is 24.6 Å². The van der Waals surface area contributed by atoms with E-state index in [1.807, 2.05) is 23.0 Å². The monoisotopic (exact) mass is 477 g/mol. The largest absolute Gasteiger partial charge is 0.491 e. The molecule has 0 radical (unpaired) electrons. The van der Waals surface area contributed by atoms with Gasteiger partial charge >= 0.3 is 11.6 Å². The lowest BCUT2D eigenvalue weighted by atomic mass is 9.79. The van der Waals surface area contributed by atoms with Crippen molar-refractivity contribution in [2.75, 3.05) is 11.9 Å². The third-order valence-electron chi connectivity index (χ3n) is 7.96. The number of benzene rings is 1. The number of hydrogen-bond acceptors (Lipinski definition) is 5. The summed E-state index contributed by atoms with van der Waals surface area (Å²) in [6.07, 6.45) is 10.2. The van der Waals surface area contributed by atoms with Gasteiger partial charge in [0.1, 0.15) is 5.75 Å². The first-order valence-corrected chi connectivity index (χ1v) is 12.8. The summed E-state index contributed by atoms with van der Waals surface area (Å²) in [6, 6.07) is 9.11. The van der Waals surface area contributed by atoms with Crippen LogP contribution in [0.4, 0.5) is 5.69 Å². The van der Waals surface area contributed by atoms with Gasteiger partial charge in [0, 0.05) is 41.4 Å². The van der Waals surface area contributed by atoms with Crippen molar-refractivity contribution in [3.8, 4) is 5.75 Å². The molecular weight excluding hydrogens is 444 g/mol. The fraction of sp³-hybridized carbons (Fsp3) is 0.519. The molecule has 3 aromatic rings. The zero-order valence-corrected chi connectivity index (χ0v) is 20.1. The Labute approximate surface area is 204 Å². The van der Waals surface area contributed by atoms with E-state index in [0.29, 0.717) is 35.6 Å². The van der Waals surface area contributed by atoms with E-state index in [1.54, 1.807) is 25.1 Å². The number of aromatic nitrogens is 3. The lowest BCUT2D eigenvalue weighted by Gasteiger charge is -2.36. The highest BCUT2D eigenvalue weighted by molar-refractivity contribution is 6.04. The fourth-order valence-corrected chi connectivity index (χ4v) is 5.33. The molecule has 2 aromatic heterocycles. The summed E-state index contributed by atoms with van der Waals surface area (Å²) in [5, 5.41) is 29.9. The molecule has 8 nitrogen and oxygen atoms in total. The zero-order chi connectivity index (χ0) is 24.2. The van der Waals surface area contributed by atoms with Gasteiger partial charge in [-0.05, 0) is 75.3 Å². The molecule has 2 heterocycles. The second-order valence-corrected chi connectivity index (χ2v) is 10.7.